The number of rotatable bonds is 6. The third-order valence-electron chi connectivity index (χ3n) is 3.02. The zero-order chi connectivity index (χ0) is 14.4. The van der Waals surface area contributed by atoms with Gasteiger partial charge in [0.25, 0.3) is 5.91 Å². The molecule has 106 valence electrons. The Morgan fingerprint density at radius 2 is 2.30 bits per heavy atom. The van der Waals surface area contributed by atoms with Gasteiger partial charge >= 0.3 is 0 Å². The molecule has 1 atom stereocenters. The number of aromatic nitrogens is 2. The minimum atomic E-state index is -0.0662. The Morgan fingerprint density at radius 3 is 3.00 bits per heavy atom. The molecule has 20 heavy (non-hydrogen) atoms. The van der Waals surface area contributed by atoms with Gasteiger partial charge in [0.05, 0.1) is 6.54 Å². The molecule has 0 bridgehead atoms. The van der Waals surface area contributed by atoms with Gasteiger partial charge in [-0.1, -0.05) is 12.1 Å². The summed E-state index contributed by atoms with van der Waals surface area (Å²) in [6.45, 7) is 3.20. The summed E-state index contributed by atoms with van der Waals surface area (Å²) < 4.78 is 1.80. The van der Waals surface area contributed by atoms with Crippen molar-refractivity contribution in [3.63, 3.8) is 0 Å². The molecule has 0 aliphatic heterocycles. The highest BCUT2D eigenvalue weighted by atomic mass is 16.1. The van der Waals surface area contributed by atoms with Crippen LogP contribution in [0.4, 0.5) is 0 Å². The molecule has 5 heteroatoms. The fraction of sp³-hybridized carbons (Fsp3) is 0.333. The van der Waals surface area contributed by atoms with Gasteiger partial charge in [0.2, 0.25) is 0 Å². The second-order valence-corrected chi connectivity index (χ2v) is 4.84. The molecule has 1 aromatic carbocycles. The molecule has 3 N–H and O–H groups in total. The van der Waals surface area contributed by atoms with Crippen LogP contribution in [-0.2, 0) is 13.0 Å². The molecule has 0 radical (unpaired) electrons. The second-order valence-electron chi connectivity index (χ2n) is 4.84. The summed E-state index contributed by atoms with van der Waals surface area (Å²) in [5, 5.41) is 7.10. The predicted molar refractivity (Wildman–Crippen MR) is 78.4 cm³/mol. The molecular weight excluding hydrogens is 252 g/mol. The van der Waals surface area contributed by atoms with Crippen LogP contribution in [0.5, 0.6) is 0 Å². The number of hydrogen-bond acceptors (Lipinski definition) is 3. The highest BCUT2D eigenvalue weighted by molar-refractivity contribution is 5.94. The number of nitrogens with zero attached hydrogens (tertiary/aromatic N) is 2. The topological polar surface area (TPSA) is 72.9 Å². The summed E-state index contributed by atoms with van der Waals surface area (Å²) in [7, 11) is 0. The zero-order valence-electron chi connectivity index (χ0n) is 11.6. The molecule has 2 aromatic rings. The van der Waals surface area contributed by atoms with Crippen LogP contribution in [0.25, 0.3) is 0 Å². The van der Waals surface area contributed by atoms with Gasteiger partial charge in [-0.3, -0.25) is 9.48 Å². The number of nitrogens with one attached hydrogen (secondary N) is 1. The minimum absolute atomic E-state index is 0.0144. The molecule has 1 aromatic heterocycles. The Bertz CT molecular complexity index is 551. The van der Waals surface area contributed by atoms with Crippen LogP contribution in [0, 0.1) is 0 Å². The smallest absolute Gasteiger partial charge is 0.251 e. The molecule has 0 aliphatic rings. The van der Waals surface area contributed by atoms with Gasteiger partial charge in [-0.15, -0.1) is 0 Å². The maximum absolute atomic E-state index is 12.2. The molecule has 2 rings (SSSR count). The van der Waals surface area contributed by atoms with E-state index in [1.165, 1.54) is 0 Å². The van der Waals surface area contributed by atoms with Crippen molar-refractivity contribution in [2.45, 2.75) is 25.9 Å². The van der Waals surface area contributed by atoms with Crippen molar-refractivity contribution in [3.8, 4) is 0 Å². The third-order valence-corrected chi connectivity index (χ3v) is 3.02. The number of carbonyl (C=O) groups excluding carboxylic acids is 1. The normalized spacial score (nSPS) is 12.1. The first-order valence-electron chi connectivity index (χ1n) is 6.76. The van der Waals surface area contributed by atoms with E-state index in [1.54, 1.807) is 10.9 Å². The number of nitrogens with two attached hydrogens (primary N) is 1. The van der Waals surface area contributed by atoms with Gasteiger partial charge in [0, 0.05) is 24.0 Å². The zero-order valence-corrected chi connectivity index (χ0v) is 11.6. The lowest BCUT2D eigenvalue weighted by molar-refractivity contribution is 0.0936. The van der Waals surface area contributed by atoms with Crippen molar-refractivity contribution in [2.24, 2.45) is 5.73 Å². The average Bonchev–Trinajstić information content (AvgIpc) is 2.92. The molecule has 1 heterocycles. The van der Waals surface area contributed by atoms with Crippen LogP contribution in [-0.4, -0.2) is 28.3 Å². The van der Waals surface area contributed by atoms with Gasteiger partial charge in [-0.2, -0.15) is 5.10 Å². The summed E-state index contributed by atoms with van der Waals surface area (Å²) in [4.78, 5) is 12.2. The van der Waals surface area contributed by atoms with E-state index < -0.39 is 0 Å². The van der Waals surface area contributed by atoms with Crippen molar-refractivity contribution >= 4 is 5.91 Å². The monoisotopic (exact) mass is 272 g/mol. The summed E-state index contributed by atoms with van der Waals surface area (Å²) in [5.74, 6) is -0.0662. The van der Waals surface area contributed by atoms with E-state index in [0.29, 0.717) is 18.7 Å². The van der Waals surface area contributed by atoms with Crippen LogP contribution in [0.2, 0.25) is 0 Å². The number of carbonyl (C=O) groups is 1. The number of benzene rings is 1. The Kier molecular flexibility index (Phi) is 4.90. The van der Waals surface area contributed by atoms with Gasteiger partial charge in [-0.25, -0.2) is 0 Å². The molecule has 5 nitrogen and oxygen atoms in total. The van der Waals surface area contributed by atoms with Crippen LogP contribution in [0.15, 0.2) is 42.7 Å². The van der Waals surface area contributed by atoms with Crippen molar-refractivity contribution in [3.05, 3.63) is 53.9 Å². The Labute approximate surface area is 118 Å². The Balaban J connectivity index is 1.95. The van der Waals surface area contributed by atoms with Crippen LogP contribution in [0.3, 0.4) is 0 Å². The molecule has 0 saturated carbocycles. The maximum atomic E-state index is 12.2. The highest BCUT2D eigenvalue weighted by Gasteiger charge is 2.10. The number of amides is 1. The van der Waals surface area contributed by atoms with Crippen molar-refractivity contribution < 1.29 is 4.79 Å². The summed E-state index contributed by atoms with van der Waals surface area (Å²) in [6.07, 6.45) is 4.39. The average molecular weight is 272 g/mol. The first-order valence-corrected chi connectivity index (χ1v) is 6.76. The van der Waals surface area contributed by atoms with E-state index in [-0.39, 0.29) is 11.9 Å². The van der Waals surface area contributed by atoms with E-state index >= 15 is 0 Å². The Morgan fingerprint density at radius 1 is 1.45 bits per heavy atom. The fourth-order valence-corrected chi connectivity index (χ4v) is 2.08. The molecular formula is C15H20N4O. The molecule has 0 fully saturated rings. The molecule has 0 aliphatic carbocycles. The standard InChI is InChI=1S/C15H20N4O/c1-12(11-19-9-3-8-17-19)18-15(20)14-5-2-4-13(10-14)6-7-16/h2-5,8-10,12H,6-7,11,16H2,1H3,(H,18,20). The van der Waals surface area contributed by atoms with E-state index in [1.807, 2.05) is 43.5 Å². The highest BCUT2D eigenvalue weighted by Crippen LogP contribution is 2.06. The van der Waals surface area contributed by atoms with Gasteiger partial charge in [0.1, 0.15) is 0 Å². The maximum Gasteiger partial charge on any atom is 0.251 e. The molecule has 1 amide bonds. The van der Waals surface area contributed by atoms with Gasteiger partial charge in [-0.05, 0) is 43.7 Å². The van der Waals surface area contributed by atoms with E-state index in [9.17, 15) is 4.79 Å². The lowest BCUT2D eigenvalue weighted by atomic mass is 10.1. The molecule has 1 unspecified atom stereocenters. The third kappa shape index (κ3) is 3.93. The Hall–Kier alpha value is -2.14. The molecule has 0 spiro atoms. The summed E-state index contributed by atoms with van der Waals surface area (Å²) >= 11 is 0. The largest absolute Gasteiger partial charge is 0.348 e. The van der Waals surface area contributed by atoms with Gasteiger partial charge < -0.3 is 11.1 Å². The number of hydrogen-bond donors (Lipinski definition) is 2. The van der Waals surface area contributed by atoms with Crippen molar-refractivity contribution in [2.75, 3.05) is 6.54 Å². The first kappa shape index (κ1) is 14.3. The van der Waals surface area contributed by atoms with Crippen molar-refractivity contribution in [1.29, 1.82) is 0 Å². The predicted octanol–water partition coefficient (Wildman–Crippen LogP) is 1.20. The minimum Gasteiger partial charge on any atom is -0.348 e. The first-order chi connectivity index (χ1) is 9.69. The quantitative estimate of drug-likeness (QED) is 0.830. The fourth-order valence-electron chi connectivity index (χ4n) is 2.08. The van der Waals surface area contributed by atoms with Crippen LogP contribution in [0.1, 0.15) is 22.8 Å². The van der Waals surface area contributed by atoms with Gasteiger partial charge in [0.15, 0.2) is 0 Å². The van der Waals surface area contributed by atoms with Crippen molar-refractivity contribution in [1.82, 2.24) is 15.1 Å². The summed E-state index contributed by atoms with van der Waals surface area (Å²) in [6, 6.07) is 9.46. The van der Waals surface area contributed by atoms with Crippen LogP contribution < -0.4 is 11.1 Å². The lowest BCUT2D eigenvalue weighted by Gasteiger charge is -2.14. The van der Waals surface area contributed by atoms with E-state index in [4.69, 9.17) is 5.73 Å². The SMILES string of the molecule is CC(Cn1cccn1)NC(=O)c1cccc(CCN)c1. The van der Waals surface area contributed by atoms with E-state index in [2.05, 4.69) is 10.4 Å². The molecule has 0 saturated heterocycles. The summed E-state index contributed by atoms with van der Waals surface area (Å²) in [5.41, 5.74) is 7.29. The second kappa shape index (κ2) is 6.86. The lowest BCUT2D eigenvalue weighted by Crippen LogP contribution is -2.35. The van der Waals surface area contributed by atoms with E-state index in [0.717, 1.165) is 12.0 Å². The van der Waals surface area contributed by atoms with Crippen LogP contribution >= 0.6 is 0 Å².